The van der Waals surface area contributed by atoms with Gasteiger partial charge in [0.15, 0.2) is 5.76 Å². The van der Waals surface area contributed by atoms with E-state index in [2.05, 4.69) is 10.5 Å². The molecule has 18 heavy (non-hydrogen) atoms. The number of hydrogen-bond acceptors (Lipinski definition) is 5. The van der Waals surface area contributed by atoms with Gasteiger partial charge in [-0.25, -0.2) is 4.79 Å². The molecule has 0 unspecified atom stereocenters. The van der Waals surface area contributed by atoms with Gasteiger partial charge < -0.3 is 15.3 Å². The van der Waals surface area contributed by atoms with Crippen LogP contribution in [0, 0.1) is 0 Å². The zero-order chi connectivity index (χ0) is 12.7. The third-order valence-electron chi connectivity index (χ3n) is 2.76. The summed E-state index contributed by atoms with van der Waals surface area (Å²) in [4.78, 5) is 22.4. The first-order valence-electron chi connectivity index (χ1n) is 5.27. The molecular weight excluding hydrogens is 236 g/mol. The fraction of sp³-hybridized carbons (Fsp3) is 0.0833. The highest BCUT2D eigenvalue weighted by atomic mass is 16.5. The zero-order valence-corrected chi connectivity index (χ0v) is 9.14. The predicted octanol–water partition coefficient (Wildman–Crippen LogP) is 0.294. The number of carboxylic acid groups (broad SMARTS) is 1. The van der Waals surface area contributed by atoms with Crippen molar-refractivity contribution in [2.24, 2.45) is 5.10 Å². The van der Waals surface area contributed by atoms with Crippen LogP contribution in [0.5, 0.6) is 5.75 Å². The van der Waals surface area contributed by atoms with Gasteiger partial charge in [-0.15, -0.1) is 0 Å². The van der Waals surface area contributed by atoms with E-state index in [4.69, 9.17) is 9.84 Å². The number of hydrazone groups is 1. The first-order valence-corrected chi connectivity index (χ1v) is 5.27. The van der Waals surface area contributed by atoms with Crippen LogP contribution in [0.4, 0.5) is 0 Å². The number of aliphatic carboxylic acids is 1. The normalized spacial score (nSPS) is 16.1. The Hall–Kier alpha value is -2.63. The average Bonchev–Trinajstić information content (AvgIpc) is 2.86. The smallest absolute Gasteiger partial charge is 0.380 e. The van der Waals surface area contributed by atoms with Gasteiger partial charge in [0.25, 0.3) is 0 Å². The number of nitrogens with one attached hydrogen (secondary N) is 1. The van der Waals surface area contributed by atoms with Crippen molar-refractivity contribution in [3.63, 3.8) is 0 Å². The Balaban J connectivity index is 2.16. The second kappa shape index (κ2) is 3.69. The largest absolute Gasteiger partial charge is 0.475 e. The average molecular weight is 244 g/mol. The Morgan fingerprint density at radius 3 is 2.89 bits per heavy atom. The molecule has 1 aromatic rings. The van der Waals surface area contributed by atoms with Gasteiger partial charge in [-0.05, 0) is 12.1 Å². The Bertz CT molecular complexity index is 631. The fourth-order valence-electron chi connectivity index (χ4n) is 1.96. The maximum absolute atomic E-state index is 11.6. The molecule has 0 saturated carbocycles. The van der Waals surface area contributed by atoms with Crippen LogP contribution >= 0.6 is 0 Å². The summed E-state index contributed by atoms with van der Waals surface area (Å²) in [6.45, 7) is 0.290. The van der Waals surface area contributed by atoms with Crippen LogP contribution < -0.4 is 10.2 Å². The van der Waals surface area contributed by atoms with E-state index in [9.17, 15) is 9.59 Å². The van der Waals surface area contributed by atoms with Crippen LogP contribution in [0.2, 0.25) is 0 Å². The summed E-state index contributed by atoms with van der Waals surface area (Å²) >= 11 is 0. The Morgan fingerprint density at radius 1 is 1.33 bits per heavy atom. The second-order valence-electron chi connectivity index (χ2n) is 3.84. The molecule has 0 amide bonds. The molecule has 0 spiro atoms. The number of rotatable bonds is 2. The van der Waals surface area contributed by atoms with Crippen LogP contribution in [0.15, 0.2) is 40.7 Å². The number of carbonyl (C=O) groups excluding carboxylic acids is 1. The van der Waals surface area contributed by atoms with Gasteiger partial charge >= 0.3 is 11.8 Å². The number of Topliss-reactive ketones (excluding diaryl/α,β-unsaturated/α-hetero) is 1. The molecule has 0 aliphatic carbocycles. The van der Waals surface area contributed by atoms with E-state index in [1.165, 1.54) is 0 Å². The number of carboxylic acids is 1. The third-order valence-corrected chi connectivity index (χ3v) is 2.76. The van der Waals surface area contributed by atoms with Gasteiger partial charge in [0.1, 0.15) is 11.5 Å². The summed E-state index contributed by atoms with van der Waals surface area (Å²) in [5.41, 5.74) is 4.54. The van der Waals surface area contributed by atoms with E-state index in [0.29, 0.717) is 17.0 Å². The molecule has 1 aromatic carbocycles. The zero-order valence-electron chi connectivity index (χ0n) is 9.14. The van der Waals surface area contributed by atoms with E-state index in [-0.39, 0.29) is 12.3 Å². The van der Waals surface area contributed by atoms with Crippen LogP contribution in [-0.2, 0) is 9.59 Å². The van der Waals surface area contributed by atoms with Crippen LogP contribution in [0.1, 0.15) is 5.56 Å². The highest BCUT2D eigenvalue weighted by Gasteiger charge is 2.34. The Labute approximate surface area is 102 Å². The van der Waals surface area contributed by atoms with E-state index < -0.39 is 11.8 Å². The van der Waals surface area contributed by atoms with Crippen LogP contribution in [-0.4, -0.2) is 29.1 Å². The summed E-state index contributed by atoms with van der Waals surface area (Å²) in [7, 11) is 0. The standard InChI is InChI=1S/C12H8N2O4/c15-10(12(16)17)11-7-5-13-14-9(7)6-3-1-2-4-8(6)18-11/h1-4,13H,5H2,(H,16,17). The van der Waals surface area contributed by atoms with E-state index >= 15 is 0 Å². The molecule has 2 aliphatic heterocycles. The SMILES string of the molecule is O=C(O)C(=O)C1=C2CNN=C2c2ccccc2O1. The minimum absolute atomic E-state index is 0.162. The summed E-state index contributed by atoms with van der Waals surface area (Å²) in [6, 6.07) is 7.05. The van der Waals surface area contributed by atoms with Crippen molar-refractivity contribution in [1.82, 2.24) is 5.43 Å². The highest BCUT2D eigenvalue weighted by Crippen LogP contribution is 2.32. The number of carbonyl (C=O) groups is 2. The molecule has 0 bridgehead atoms. The van der Waals surface area contributed by atoms with Gasteiger partial charge in [0.2, 0.25) is 0 Å². The molecule has 0 aromatic heterocycles. The van der Waals surface area contributed by atoms with E-state index in [0.717, 1.165) is 5.56 Å². The molecule has 6 heteroatoms. The maximum atomic E-state index is 11.6. The minimum Gasteiger partial charge on any atom is -0.475 e. The van der Waals surface area contributed by atoms with Crippen molar-refractivity contribution < 1.29 is 19.4 Å². The highest BCUT2D eigenvalue weighted by molar-refractivity contribution is 6.41. The second-order valence-corrected chi connectivity index (χ2v) is 3.84. The van der Waals surface area contributed by atoms with Crippen molar-refractivity contribution in [3.05, 3.63) is 41.2 Å². The number of benzene rings is 1. The fourth-order valence-corrected chi connectivity index (χ4v) is 1.96. The quantitative estimate of drug-likeness (QED) is 0.730. The monoisotopic (exact) mass is 244 g/mol. The number of fused-ring (bicyclic) bond motifs is 3. The lowest BCUT2D eigenvalue weighted by atomic mass is 9.97. The topological polar surface area (TPSA) is 88.0 Å². The number of ether oxygens (including phenoxy) is 1. The summed E-state index contributed by atoms with van der Waals surface area (Å²) < 4.78 is 5.40. The number of nitrogens with zero attached hydrogens (tertiary/aromatic N) is 1. The predicted molar refractivity (Wildman–Crippen MR) is 61.3 cm³/mol. The van der Waals surface area contributed by atoms with Crippen molar-refractivity contribution in [2.45, 2.75) is 0 Å². The molecule has 0 fully saturated rings. The molecule has 0 saturated heterocycles. The molecule has 2 heterocycles. The molecule has 2 N–H and O–H groups in total. The van der Waals surface area contributed by atoms with Gasteiger partial charge in [-0.2, -0.15) is 5.10 Å². The van der Waals surface area contributed by atoms with Crippen molar-refractivity contribution in [2.75, 3.05) is 6.54 Å². The lowest BCUT2D eigenvalue weighted by Gasteiger charge is -2.19. The summed E-state index contributed by atoms with van der Waals surface area (Å²) in [6.07, 6.45) is 0. The Morgan fingerprint density at radius 2 is 2.11 bits per heavy atom. The number of hydrogen-bond donors (Lipinski definition) is 2. The van der Waals surface area contributed by atoms with Crippen LogP contribution in [0.25, 0.3) is 0 Å². The number of ketones is 1. The van der Waals surface area contributed by atoms with Gasteiger partial charge in [0.05, 0.1) is 6.54 Å². The van der Waals surface area contributed by atoms with E-state index in [1.807, 2.05) is 12.1 Å². The van der Waals surface area contributed by atoms with Crippen LogP contribution in [0.3, 0.4) is 0 Å². The summed E-state index contributed by atoms with van der Waals surface area (Å²) in [5, 5.41) is 12.9. The van der Waals surface area contributed by atoms with Gasteiger partial charge in [-0.3, -0.25) is 4.79 Å². The molecular formula is C12H8N2O4. The third kappa shape index (κ3) is 1.39. The first kappa shape index (κ1) is 10.5. The minimum atomic E-state index is -1.54. The number of para-hydroxylation sites is 1. The van der Waals surface area contributed by atoms with Crippen molar-refractivity contribution in [3.8, 4) is 5.75 Å². The Kier molecular flexibility index (Phi) is 2.16. The lowest BCUT2D eigenvalue weighted by molar-refractivity contribution is -0.148. The maximum Gasteiger partial charge on any atom is 0.380 e. The molecule has 0 atom stereocenters. The first-order chi connectivity index (χ1) is 8.68. The lowest BCUT2D eigenvalue weighted by Crippen LogP contribution is -2.27. The molecule has 0 radical (unpaired) electrons. The molecule has 6 nitrogen and oxygen atoms in total. The molecule has 3 rings (SSSR count). The van der Waals surface area contributed by atoms with Crippen molar-refractivity contribution in [1.29, 1.82) is 0 Å². The van der Waals surface area contributed by atoms with Gasteiger partial charge in [-0.1, -0.05) is 12.1 Å². The summed E-state index contributed by atoms with van der Waals surface area (Å²) in [5.74, 6) is -2.32. The molecule has 2 aliphatic rings. The van der Waals surface area contributed by atoms with E-state index in [1.54, 1.807) is 12.1 Å². The van der Waals surface area contributed by atoms with Gasteiger partial charge in [0, 0.05) is 11.1 Å². The van der Waals surface area contributed by atoms with Crippen molar-refractivity contribution >= 4 is 17.5 Å². The molecule has 90 valence electrons.